The van der Waals surface area contributed by atoms with Gasteiger partial charge in [-0.2, -0.15) is 26.3 Å². The molecule has 2 heterocycles. The molecule has 2 aromatic carbocycles. The minimum atomic E-state index is -4.75. The summed E-state index contributed by atoms with van der Waals surface area (Å²) in [6.45, 7) is 3.48. The van der Waals surface area contributed by atoms with Crippen LogP contribution in [-0.2, 0) is 10.9 Å². The van der Waals surface area contributed by atoms with Crippen molar-refractivity contribution in [2.24, 2.45) is 0 Å². The van der Waals surface area contributed by atoms with E-state index in [0.717, 1.165) is 25.2 Å². The number of hydrogen-bond donors (Lipinski definition) is 3. The van der Waals surface area contributed by atoms with Crippen LogP contribution in [0.4, 0.5) is 26.3 Å². The van der Waals surface area contributed by atoms with Crippen molar-refractivity contribution < 1.29 is 36.2 Å². The van der Waals surface area contributed by atoms with Crippen LogP contribution in [0.3, 0.4) is 0 Å². The number of nitrogens with zero attached hydrogens (tertiary/aromatic N) is 1. The van der Waals surface area contributed by atoms with E-state index in [4.69, 9.17) is 16.3 Å². The monoisotopic (exact) mass is 547 g/mol. The summed E-state index contributed by atoms with van der Waals surface area (Å²) in [6.07, 6.45) is -9.20. The Kier molecular flexibility index (Phi) is 8.26. The molecule has 0 bridgehead atoms. The Balaban J connectivity index is 1.70. The molecule has 5 nitrogen and oxygen atoms in total. The average Bonchev–Trinajstić information content (AvgIpc) is 3.33. The van der Waals surface area contributed by atoms with E-state index in [0.29, 0.717) is 26.2 Å². The molecule has 0 amide bonds. The van der Waals surface area contributed by atoms with Crippen LogP contribution >= 0.6 is 11.6 Å². The lowest BCUT2D eigenvalue weighted by molar-refractivity contribution is -0.153. The number of alkyl halides is 6. The second-order valence-corrected chi connectivity index (χ2v) is 9.20. The maximum absolute atomic E-state index is 13.5. The van der Waals surface area contributed by atoms with E-state index in [1.54, 1.807) is 0 Å². The molecule has 12 heteroatoms. The molecule has 4 rings (SSSR count). The predicted octanol–water partition coefficient (Wildman–Crippen LogP) is 5.28. The first-order valence-electron chi connectivity index (χ1n) is 11.5. The highest BCUT2D eigenvalue weighted by molar-refractivity contribution is 6.31. The van der Waals surface area contributed by atoms with Crippen LogP contribution in [0, 0.1) is 11.8 Å². The van der Waals surface area contributed by atoms with Crippen LogP contribution in [0.2, 0.25) is 5.02 Å². The van der Waals surface area contributed by atoms with E-state index in [1.165, 1.54) is 18.2 Å². The topological polar surface area (TPSA) is 56.8 Å². The number of hydrogen-bond acceptors (Lipinski definition) is 5. The van der Waals surface area contributed by atoms with Gasteiger partial charge in [0.15, 0.2) is 0 Å². The first kappa shape index (κ1) is 27.5. The lowest BCUT2D eigenvalue weighted by atomic mass is 9.91. The van der Waals surface area contributed by atoms with Crippen molar-refractivity contribution in [3.63, 3.8) is 0 Å². The molecule has 2 atom stereocenters. The number of phenols is 1. The highest BCUT2D eigenvalue weighted by Crippen LogP contribution is 2.44. The van der Waals surface area contributed by atoms with Gasteiger partial charge in [0, 0.05) is 42.7 Å². The zero-order valence-corrected chi connectivity index (χ0v) is 20.2. The normalized spacial score (nSPS) is 21.1. The van der Waals surface area contributed by atoms with E-state index in [2.05, 4.69) is 27.6 Å². The summed E-state index contributed by atoms with van der Waals surface area (Å²) in [5.41, 5.74) is 3.93. The highest BCUT2D eigenvalue weighted by atomic mass is 35.5. The van der Waals surface area contributed by atoms with Gasteiger partial charge < -0.3 is 9.84 Å². The largest absolute Gasteiger partial charge is 0.507 e. The molecule has 0 saturated carbocycles. The molecule has 0 radical (unpaired) electrons. The summed E-state index contributed by atoms with van der Waals surface area (Å²) in [5.74, 6) is 5.46. The van der Waals surface area contributed by atoms with Gasteiger partial charge in [-0.15, -0.1) is 0 Å². The Bertz CT molecular complexity index is 1190. The molecule has 2 aromatic rings. The van der Waals surface area contributed by atoms with E-state index in [-0.39, 0.29) is 22.3 Å². The van der Waals surface area contributed by atoms with E-state index < -0.39 is 47.2 Å². The first-order chi connectivity index (χ1) is 17.4. The Morgan fingerprint density at radius 1 is 1.05 bits per heavy atom. The number of benzene rings is 2. The highest BCUT2D eigenvalue weighted by Gasteiger charge is 2.45. The van der Waals surface area contributed by atoms with E-state index >= 15 is 0 Å². The van der Waals surface area contributed by atoms with Gasteiger partial charge in [0.25, 0.3) is 0 Å². The Morgan fingerprint density at radius 3 is 2.43 bits per heavy atom. The lowest BCUT2D eigenvalue weighted by Gasteiger charge is -2.25. The molecule has 2 unspecified atom stereocenters. The fourth-order valence-electron chi connectivity index (χ4n) is 4.35. The summed E-state index contributed by atoms with van der Waals surface area (Å²) in [5, 5.41) is 10.6. The van der Waals surface area contributed by atoms with Gasteiger partial charge in [-0.25, -0.2) is 10.9 Å². The smallest absolute Gasteiger partial charge is 0.417 e. The van der Waals surface area contributed by atoms with Gasteiger partial charge in [-0.1, -0.05) is 35.6 Å². The molecule has 0 aromatic heterocycles. The summed E-state index contributed by atoms with van der Waals surface area (Å²) in [7, 11) is 0. The fourth-order valence-corrected chi connectivity index (χ4v) is 4.58. The minimum absolute atomic E-state index is 0.00389. The Labute approximate surface area is 214 Å². The predicted molar refractivity (Wildman–Crippen MR) is 126 cm³/mol. The summed E-state index contributed by atoms with van der Waals surface area (Å²) < 4.78 is 85.4. The molecule has 0 aliphatic carbocycles. The standard InChI is InChI=1S/C25H24ClF6N3O2/c26-19-7-5-16(13-18(19)24(27,28)29)22-15(3-1-2-8-35-9-11-37-12-10-35)4-6-17(23(22)36)20-14-21(34-33-20)25(30,31)32/h4-7,13,20-21,33-34,36H,2,8-12,14H2. The van der Waals surface area contributed by atoms with Crippen molar-refractivity contribution in [1.82, 2.24) is 15.8 Å². The van der Waals surface area contributed by atoms with Crippen LogP contribution in [0.15, 0.2) is 30.3 Å². The van der Waals surface area contributed by atoms with Crippen molar-refractivity contribution in [3.8, 4) is 28.7 Å². The van der Waals surface area contributed by atoms with Gasteiger partial charge in [-0.3, -0.25) is 4.90 Å². The minimum Gasteiger partial charge on any atom is -0.507 e. The van der Waals surface area contributed by atoms with Gasteiger partial charge in [-0.05, 0) is 30.2 Å². The lowest BCUT2D eigenvalue weighted by Crippen LogP contribution is -2.40. The Morgan fingerprint density at radius 2 is 1.78 bits per heavy atom. The molecular formula is C25H24ClF6N3O2. The number of phenolic OH excluding ortho intramolecular Hbond substituents is 1. The third-order valence-corrected chi connectivity index (χ3v) is 6.65. The maximum atomic E-state index is 13.5. The van der Waals surface area contributed by atoms with E-state index in [1.807, 2.05) is 0 Å². The van der Waals surface area contributed by atoms with E-state index in [9.17, 15) is 31.4 Å². The van der Waals surface area contributed by atoms with Gasteiger partial charge in [0.1, 0.15) is 11.8 Å². The van der Waals surface area contributed by atoms with Crippen LogP contribution in [0.25, 0.3) is 11.1 Å². The zero-order chi connectivity index (χ0) is 26.8. The third kappa shape index (κ3) is 6.51. The van der Waals surface area contributed by atoms with Crippen molar-refractivity contribution in [3.05, 3.63) is 52.0 Å². The van der Waals surface area contributed by atoms with Crippen LogP contribution in [0.5, 0.6) is 5.75 Å². The van der Waals surface area contributed by atoms with Crippen molar-refractivity contribution in [1.29, 1.82) is 0 Å². The SMILES string of the molecule is Oc1c(C2CC(C(F)(F)F)NN2)ccc(C#CCCN2CCOCC2)c1-c1ccc(Cl)c(C(F)(F)F)c1. The van der Waals surface area contributed by atoms with Gasteiger partial charge in [0.05, 0.1) is 29.8 Å². The average molecular weight is 548 g/mol. The van der Waals surface area contributed by atoms with Crippen LogP contribution in [-0.4, -0.2) is 55.1 Å². The number of ether oxygens (including phenoxy) is 1. The molecule has 2 aliphatic heterocycles. The summed E-state index contributed by atoms with van der Waals surface area (Å²) in [6, 6.07) is 3.35. The Hall–Kier alpha value is -2.49. The van der Waals surface area contributed by atoms with Crippen molar-refractivity contribution in [2.45, 2.75) is 37.3 Å². The zero-order valence-electron chi connectivity index (χ0n) is 19.4. The molecule has 37 heavy (non-hydrogen) atoms. The maximum Gasteiger partial charge on any atom is 0.417 e. The molecule has 2 fully saturated rings. The number of hydrazine groups is 1. The van der Waals surface area contributed by atoms with Crippen molar-refractivity contribution >= 4 is 11.6 Å². The summed E-state index contributed by atoms with van der Waals surface area (Å²) in [4.78, 5) is 2.17. The molecule has 200 valence electrons. The number of morpholine rings is 1. The third-order valence-electron chi connectivity index (χ3n) is 6.32. The molecule has 0 spiro atoms. The van der Waals surface area contributed by atoms with Crippen molar-refractivity contribution in [2.75, 3.05) is 32.8 Å². The molecule has 2 aliphatic rings. The molecular weight excluding hydrogens is 524 g/mol. The van der Waals surface area contributed by atoms with Gasteiger partial charge in [0.2, 0.25) is 0 Å². The van der Waals surface area contributed by atoms with Gasteiger partial charge >= 0.3 is 12.4 Å². The fraction of sp³-hybridized carbons (Fsp3) is 0.440. The second kappa shape index (κ2) is 11.1. The summed E-state index contributed by atoms with van der Waals surface area (Å²) >= 11 is 5.77. The number of rotatable bonds is 4. The van der Waals surface area contributed by atoms with Crippen LogP contribution in [0.1, 0.15) is 35.6 Å². The number of aromatic hydroxyl groups is 1. The number of nitrogens with one attached hydrogen (secondary N) is 2. The van der Waals surface area contributed by atoms with Crippen LogP contribution < -0.4 is 10.9 Å². The quantitative estimate of drug-likeness (QED) is 0.359. The molecule has 3 N–H and O–H groups in total. The first-order valence-corrected chi connectivity index (χ1v) is 11.9. The number of halogens is 7. The second-order valence-electron chi connectivity index (χ2n) is 8.80. The molecule has 2 saturated heterocycles.